The van der Waals surface area contributed by atoms with E-state index >= 15 is 0 Å². The van der Waals surface area contributed by atoms with Gasteiger partial charge in [-0.05, 0) is 55.3 Å². The zero-order valence-corrected chi connectivity index (χ0v) is 21.4. The normalized spacial score (nSPS) is 19.0. The summed E-state index contributed by atoms with van der Waals surface area (Å²) in [5, 5.41) is 21.7. The van der Waals surface area contributed by atoms with E-state index in [4.69, 9.17) is 21.1 Å². The molecule has 0 spiro atoms. The van der Waals surface area contributed by atoms with Crippen LogP contribution in [0.25, 0.3) is 5.76 Å². The van der Waals surface area contributed by atoms with Crippen LogP contribution in [-0.4, -0.2) is 30.9 Å². The Labute approximate surface area is 220 Å². The quantitative estimate of drug-likeness (QED) is 0.361. The molecule has 6 nitrogen and oxygen atoms in total. The van der Waals surface area contributed by atoms with Gasteiger partial charge in [0.1, 0.15) is 23.1 Å². The van der Waals surface area contributed by atoms with Gasteiger partial charge in [0.2, 0.25) is 0 Å². The average Bonchev–Trinajstić information content (AvgIpc) is 2.93. The molecule has 37 heavy (non-hydrogen) atoms. The van der Waals surface area contributed by atoms with Crippen LogP contribution < -0.4 is 14.4 Å². The monoisotopic (exact) mass is 514 g/mol. The number of benzene rings is 3. The number of aliphatic hydroxyl groups excluding tert-OH is 1. The van der Waals surface area contributed by atoms with Crippen molar-refractivity contribution < 1.29 is 19.4 Å². The lowest BCUT2D eigenvalue weighted by Gasteiger charge is -2.42. The second-order valence-electron chi connectivity index (χ2n) is 8.97. The first-order valence-corrected chi connectivity index (χ1v) is 12.4. The summed E-state index contributed by atoms with van der Waals surface area (Å²) in [6.45, 7) is 0. The molecule has 1 aliphatic heterocycles. The first kappa shape index (κ1) is 24.7. The maximum absolute atomic E-state index is 13.7. The van der Waals surface area contributed by atoms with E-state index in [1.807, 2.05) is 36.4 Å². The molecule has 3 aromatic carbocycles. The molecular weight excluding hydrogens is 488 g/mol. The minimum Gasteiger partial charge on any atom is -0.507 e. The van der Waals surface area contributed by atoms with Crippen molar-refractivity contribution in [1.29, 1.82) is 5.41 Å². The standard InChI is InChI=1S/C30H27ClN2O4/c1-36-21-15-16-25(37-2)22(17-21)26-27-23(9-6-10-24(27)34)33(20-13-11-19(31)12-14-20)30(32)28(26)29(35)18-7-4-3-5-8-18/h3-5,7-8,11-17,26,32,35H,6,9-10H2,1-2H3/t26-/m1/s1. The number of methoxy groups -OCH3 is 2. The highest BCUT2D eigenvalue weighted by atomic mass is 35.5. The lowest BCUT2D eigenvalue weighted by Crippen LogP contribution is -2.42. The summed E-state index contributed by atoms with van der Waals surface area (Å²) in [6, 6.07) is 21.6. The lowest BCUT2D eigenvalue weighted by molar-refractivity contribution is -0.116. The molecule has 0 amide bonds. The third-order valence-corrected chi connectivity index (χ3v) is 7.14. The Morgan fingerprint density at radius 1 is 1.00 bits per heavy atom. The number of aliphatic hydroxyl groups is 1. The van der Waals surface area contributed by atoms with Crippen LogP contribution in [0.5, 0.6) is 11.5 Å². The van der Waals surface area contributed by atoms with Gasteiger partial charge in [0.05, 0.1) is 20.1 Å². The predicted octanol–water partition coefficient (Wildman–Crippen LogP) is 6.91. The summed E-state index contributed by atoms with van der Waals surface area (Å²) in [4.78, 5) is 15.4. The fourth-order valence-electron chi connectivity index (χ4n) is 5.19. The third kappa shape index (κ3) is 4.38. The number of Topliss-reactive ketones (excluding diaryl/α,β-unsaturated/α-hetero) is 1. The van der Waals surface area contributed by atoms with Crippen LogP contribution in [0.1, 0.15) is 36.3 Å². The van der Waals surface area contributed by atoms with Gasteiger partial charge in [0.25, 0.3) is 0 Å². The Kier molecular flexibility index (Phi) is 6.76. The summed E-state index contributed by atoms with van der Waals surface area (Å²) in [6.07, 6.45) is 1.69. The van der Waals surface area contributed by atoms with Gasteiger partial charge < -0.3 is 14.6 Å². The highest BCUT2D eigenvalue weighted by Crippen LogP contribution is 2.50. The van der Waals surface area contributed by atoms with E-state index in [9.17, 15) is 15.3 Å². The number of nitrogens with zero attached hydrogens (tertiary/aromatic N) is 1. The minimum atomic E-state index is -0.718. The zero-order valence-electron chi connectivity index (χ0n) is 20.6. The molecule has 0 saturated heterocycles. The van der Waals surface area contributed by atoms with E-state index in [-0.39, 0.29) is 17.4 Å². The molecule has 2 aliphatic rings. The fourth-order valence-corrected chi connectivity index (χ4v) is 5.32. The summed E-state index contributed by atoms with van der Waals surface area (Å²) in [5.41, 5.74) is 3.54. The number of rotatable bonds is 5. The summed E-state index contributed by atoms with van der Waals surface area (Å²) < 4.78 is 11.2. The number of hydrogen-bond acceptors (Lipinski definition) is 5. The second-order valence-corrected chi connectivity index (χ2v) is 9.40. The van der Waals surface area contributed by atoms with Gasteiger partial charge in [-0.1, -0.05) is 41.9 Å². The van der Waals surface area contributed by atoms with E-state index in [0.29, 0.717) is 63.7 Å². The molecule has 0 bridgehead atoms. The Bertz CT molecular complexity index is 1430. The Hall–Kier alpha value is -4.03. The first-order chi connectivity index (χ1) is 17.9. The van der Waals surface area contributed by atoms with Crippen molar-refractivity contribution in [2.45, 2.75) is 25.2 Å². The van der Waals surface area contributed by atoms with Gasteiger partial charge in [0, 0.05) is 45.1 Å². The number of anilines is 1. The largest absolute Gasteiger partial charge is 0.507 e. The molecule has 2 N–H and O–H groups in total. The molecule has 5 rings (SSSR count). The number of carbonyl (C=O) groups excluding carboxylic acids is 1. The van der Waals surface area contributed by atoms with Crippen molar-refractivity contribution in [3.8, 4) is 11.5 Å². The van der Waals surface area contributed by atoms with Gasteiger partial charge in [-0.15, -0.1) is 0 Å². The molecule has 1 aliphatic carbocycles. The molecule has 0 aromatic heterocycles. The maximum atomic E-state index is 13.7. The van der Waals surface area contributed by atoms with E-state index in [2.05, 4.69) is 0 Å². The van der Waals surface area contributed by atoms with Crippen LogP contribution in [0.2, 0.25) is 5.02 Å². The Morgan fingerprint density at radius 3 is 2.41 bits per heavy atom. The van der Waals surface area contributed by atoms with Gasteiger partial charge >= 0.3 is 0 Å². The van der Waals surface area contributed by atoms with Crippen LogP contribution in [0.4, 0.5) is 5.69 Å². The van der Waals surface area contributed by atoms with Crippen LogP contribution in [0.3, 0.4) is 0 Å². The van der Waals surface area contributed by atoms with Gasteiger partial charge in [-0.25, -0.2) is 0 Å². The highest BCUT2D eigenvalue weighted by molar-refractivity contribution is 6.30. The van der Waals surface area contributed by atoms with E-state index < -0.39 is 5.92 Å². The third-order valence-electron chi connectivity index (χ3n) is 6.89. The smallest absolute Gasteiger partial charge is 0.161 e. The van der Waals surface area contributed by atoms with E-state index in [0.717, 1.165) is 5.70 Å². The SMILES string of the molecule is COc1ccc(OC)c([C@H]2C(=C(O)c3ccccc3)C(=N)N(c3ccc(Cl)cc3)C3=C2C(=O)CCC3)c1. The van der Waals surface area contributed by atoms with Crippen molar-refractivity contribution in [2.75, 3.05) is 19.1 Å². The number of halogens is 1. The minimum absolute atomic E-state index is 0.0130. The number of allylic oxidation sites excluding steroid dienone is 2. The Balaban J connectivity index is 1.86. The van der Waals surface area contributed by atoms with Gasteiger partial charge in [0.15, 0.2) is 5.78 Å². The molecule has 0 fully saturated rings. The second kappa shape index (κ2) is 10.1. The van der Waals surface area contributed by atoms with Crippen molar-refractivity contribution in [1.82, 2.24) is 0 Å². The number of amidine groups is 1. The predicted molar refractivity (Wildman–Crippen MR) is 146 cm³/mol. The molecule has 0 unspecified atom stereocenters. The molecule has 188 valence electrons. The lowest BCUT2D eigenvalue weighted by atomic mass is 9.73. The number of hydrogen-bond donors (Lipinski definition) is 2. The molecule has 1 heterocycles. The number of nitrogens with one attached hydrogen (secondary N) is 1. The molecular formula is C30H27ClN2O4. The van der Waals surface area contributed by atoms with Crippen LogP contribution in [-0.2, 0) is 4.79 Å². The first-order valence-electron chi connectivity index (χ1n) is 12.1. The van der Waals surface area contributed by atoms with Crippen molar-refractivity contribution in [3.05, 3.63) is 106 Å². The van der Waals surface area contributed by atoms with Crippen LogP contribution in [0, 0.1) is 5.41 Å². The molecule has 3 aromatic rings. The average molecular weight is 515 g/mol. The highest BCUT2D eigenvalue weighted by Gasteiger charge is 2.44. The van der Waals surface area contributed by atoms with Crippen LogP contribution >= 0.6 is 11.6 Å². The number of carbonyl (C=O) groups is 1. The van der Waals surface area contributed by atoms with Crippen molar-refractivity contribution in [3.63, 3.8) is 0 Å². The fraction of sp³-hybridized carbons (Fsp3) is 0.200. The zero-order chi connectivity index (χ0) is 26.1. The molecule has 0 saturated carbocycles. The van der Waals surface area contributed by atoms with E-state index in [1.165, 1.54) is 0 Å². The maximum Gasteiger partial charge on any atom is 0.161 e. The van der Waals surface area contributed by atoms with Crippen LogP contribution in [0.15, 0.2) is 89.6 Å². The summed E-state index contributed by atoms with van der Waals surface area (Å²) in [7, 11) is 3.14. The summed E-state index contributed by atoms with van der Waals surface area (Å²) >= 11 is 6.16. The van der Waals surface area contributed by atoms with E-state index in [1.54, 1.807) is 55.5 Å². The summed E-state index contributed by atoms with van der Waals surface area (Å²) in [5.74, 6) is 0.426. The Morgan fingerprint density at radius 2 is 1.73 bits per heavy atom. The van der Waals surface area contributed by atoms with Crippen molar-refractivity contribution >= 4 is 34.7 Å². The topological polar surface area (TPSA) is 82.8 Å². The van der Waals surface area contributed by atoms with Gasteiger partial charge in [-0.3, -0.25) is 15.1 Å². The molecule has 7 heteroatoms. The number of ether oxygens (including phenoxy) is 2. The van der Waals surface area contributed by atoms with Crippen molar-refractivity contribution in [2.24, 2.45) is 0 Å². The molecule has 0 radical (unpaired) electrons. The molecule has 1 atom stereocenters. The number of ketones is 1. The van der Waals surface area contributed by atoms with Gasteiger partial charge in [-0.2, -0.15) is 0 Å².